The van der Waals surface area contributed by atoms with E-state index < -0.39 is 0 Å². The maximum absolute atomic E-state index is 12.5. The Morgan fingerprint density at radius 1 is 1.21 bits per heavy atom. The van der Waals surface area contributed by atoms with E-state index in [1.165, 1.54) is 25.8 Å². The van der Waals surface area contributed by atoms with Gasteiger partial charge in [0, 0.05) is 25.7 Å². The van der Waals surface area contributed by atoms with Gasteiger partial charge in [0.1, 0.15) is 6.10 Å². The Morgan fingerprint density at radius 2 is 1.96 bits per heavy atom. The van der Waals surface area contributed by atoms with Gasteiger partial charge < -0.3 is 19.7 Å². The summed E-state index contributed by atoms with van der Waals surface area (Å²) in [7, 11) is 0. The summed E-state index contributed by atoms with van der Waals surface area (Å²) < 4.78 is 11.4. The largest absolute Gasteiger partial charge is 0.376 e. The minimum Gasteiger partial charge on any atom is -0.376 e. The monoisotopic (exact) mass is 360 g/mol. The molecule has 0 aromatic carbocycles. The summed E-state index contributed by atoms with van der Waals surface area (Å²) in [5.74, 6) is 1.06. The summed E-state index contributed by atoms with van der Waals surface area (Å²) >= 11 is 0. The normalized spacial score (nSPS) is 26.7. The molecule has 2 unspecified atom stereocenters. The lowest BCUT2D eigenvalue weighted by Gasteiger charge is -2.34. The first-order valence-electron chi connectivity index (χ1n) is 9.47. The molecule has 3 aliphatic rings. The molecule has 24 heavy (non-hydrogen) atoms. The third kappa shape index (κ3) is 6.17. The number of rotatable bonds is 7. The van der Waals surface area contributed by atoms with Crippen LogP contribution in [0.5, 0.6) is 0 Å². The SMILES string of the molecule is CC(OCC1CCCCO1)C(=O)N1CCC(NCC2CC2)CC1.Cl. The van der Waals surface area contributed by atoms with Crippen molar-refractivity contribution >= 4 is 18.3 Å². The third-order valence-corrected chi connectivity index (χ3v) is 5.35. The van der Waals surface area contributed by atoms with E-state index in [0.29, 0.717) is 12.6 Å². The summed E-state index contributed by atoms with van der Waals surface area (Å²) in [4.78, 5) is 14.5. The van der Waals surface area contributed by atoms with Gasteiger partial charge in [0.05, 0.1) is 12.7 Å². The van der Waals surface area contributed by atoms with Crippen LogP contribution in [0, 0.1) is 5.92 Å². The number of nitrogens with zero attached hydrogens (tertiary/aromatic N) is 1. The Balaban J connectivity index is 0.00000208. The van der Waals surface area contributed by atoms with E-state index >= 15 is 0 Å². The van der Waals surface area contributed by atoms with E-state index in [1.807, 2.05) is 11.8 Å². The predicted octanol–water partition coefficient (Wildman–Crippen LogP) is 2.37. The molecule has 0 aromatic rings. The number of hydrogen-bond acceptors (Lipinski definition) is 4. The maximum atomic E-state index is 12.5. The molecule has 1 N–H and O–H groups in total. The van der Waals surface area contributed by atoms with Crippen molar-refractivity contribution in [2.45, 2.75) is 70.1 Å². The molecule has 3 rings (SSSR count). The number of carbonyl (C=O) groups excluding carboxylic acids is 1. The summed E-state index contributed by atoms with van der Waals surface area (Å²) in [5.41, 5.74) is 0. The maximum Gasteiger partial charge on any atom is 0.251 e. The quantitative estimate of drug-likeness (QED) is 0.757. The molecule has 140 valence electrons. The fraction of sp³-hybridized carbons (Fsp3) is 0.944. The first-order chi connectivity index (χ1) is 11.2. The smallest absolute Gasteiger partial charge is 0.251 e. The van der Waals surface area contributed by atoms with E-state index in [-0.39, 0.29) is 30.5 Å². The molecule has 5 nitrogen and oxygen atoms in total. The van der Waals surface area contributed by atoms with Gasteiger partial charge in [0.2, 0.25) is 0 Å². The van der Waals surface area contributed by atoms with Gasteiger partial charge >= 0.3 is 0 Å². The number of piperidine rings is 1. The van der Waals surface area contributed by atoms with Crippen molar-refractivity contribution < 1.29 is 14.3 Å². The van der Waals surface area contributed by atoms with Crippen molar-refractivity contribution in [1.29, 1.82) is 0 Å². The highest BCUT2D eigenvalue weighted by Crippen LogP contribution is 2.28. The summed E-state index contributed by atoms with van der Waals surface area (Å²) in [6.07, 6.45) is 8.15. The van der Waals surface area contributed by atoms with Crippen LogP contribution in [0.25, 0.3) is 0 Å². The molecular weight excluding hydrogens is 328 g/mol. The number of amides is 1. The molecule has 1 aliphatic carbocycles. The van der Waals surface area contributed by atoms with Gasteiger partial charge in [-0.25, -0.2) is 0 Å². The molecule has 2 aliphatic heterocycles. The summed E-state index contributed by atoms with van der Waals surface area (Å²) in [5, 5.41) is 3.65. The first-order valence-corrected chi connectivity index (χ1v) is 9.47. The molecule has 1 amide bonds. The second-order valence-corrected chi connectivity index (χ2v) is 7.42. The van der Waals surface area contributed by atoms with Crippen LogP contribution in [0.15, 0.2) is 0 Å². The Morgan fingerprint density at radius 3 is 2.58 bits per heavy atom. The van der Waals surface area contributed by atoms with Crippen molar-refractivity contribution in [2.75, 3.05) is 32.8 Å². The standard InChI is InChI=1S/C18H32N2O3.ClH/c1-14(23-13-17-4-2-3-11-22-17)18(21)20-9-7-16(8-10-20)19-12-15-5-6-15;/h14-17,19H,2-13H2,1H3;1H. The summed E-state index contributed by atoms with van der Waals surface area (Å²) in [6, 6.07) is 0.589. The molecule has 2 atom stereocenters. The van der Waals surface area contributed by atoms with Crippen LogP contribution in [0.4, 0.5) is 0 Å². The third-order valence-electron chi connectivity index (χ3n) is 5.35. The topological polar surface area (TPSA) is 50.8 Å². The zero-order valence-corrected chi connectivity index (χ0v) is 15.7. The van der Waals surface area contributed by atoms with Gasteiger partial charge in [-0.2, -0.15) is 0 Å². The van der Waals surface area contributed by atoms with Gasteiger partial charge in [-0.3, -0.25) is 4.79 Å². The van der Waals surface area contributed by atoms with Crippen LogP contribution in [0.1, 0.15) is 51.9 Å². The van der Waals surface area contributed by atoms with Gasteiger partial charge in [-0.1, -0.05) is 0 Å². The lowest BCUT2D eigenvalue weighted by Crippen LogP contribution is -2.48. The highest BCUT2D eigenvalue weighted by molar-refractivity contribution is 5.85. The van der Waals surface area contributed by atoms with Crippen molar-refractivity contribution in [3.63, 3.8) is 0 Å². The molecule has 2 heterocycles. The number of ether oxygens (including phenoxy) is 2. The van der Waals surface area contributed by atoms with Crippen LogP contribution >= 0.6 is 12.4 Å². The molecule has 0 aromatic heterocycles. The number of nitrogens with one attached hydrogen (secondary N) is 1. The van der Waals surface area contributed by atoms with Crippen molar-refractivity contribution in [1.82, 2.24) is 10.2 Å². The van der Waals surface area contributed by atoms with E-state index in [2.05, 4.69) is 5.32 Å². The van der Waals surface area contributed by atoms with Crippen LogP contribution in [-0.2, 0) is 14.3 Å². The Bertz CT molecular complexity index is 378. The first kappa shape index (κ1) is 20.0. The zero-order chi connectivity index (χ0) is 16.1. The number of hydrogen-bond donors (Lipinski definition) is 1. The highest BCUT2D eigenvalue weighted by atomic mass is 35.5. The zero-order valence-electron chi connectivity index (χ0n) is 14.9. The summed E-state index contributed by atoms with van der Waals surface area (Å²) in [6.45, 7) is 6.13. The number of halogens is 1. The molecule has 6 heteroatoms. The number of likely N-dealkylation sites (tertiary alicyclic amines) is 1. The highest BCUT2D eigenvalue weighted by Gasteiger charge is 2.28. The second kappa shape index (κ2) is 9.95. The van der Waals surface area contributed by atoms with Gasteiger partial charge in [-0.05, 0) is 64.3 Å². The lowest BCUT2D eigenvalue weighted by atomic mass is 10.0. The predicted molar refractivity (Wildman–Crippen MR) is 96.6 cm³/mol. The van der Waals surface area contributed by atoms with Gasteiger partial charge in [0.25, 0.3) is 5.91 Å². The Hall–Kier alpha value is -0.360. The Kier molecular flexibility index (Phi) is 8.28. The van der Waals surface area contributed by atoms with Crippen molar-refractivity contribution in [3.05, 3.63) is 0 Å². The van der Waals surface area contributed by atoms with Crippen LogP contribution < -0.4 is 5.32 Å². The van der Waals surface area contributed by atoms with Gasteiger partial charge in [0.15, 0.2) is 0 Å². The molecular formula is C18H33ClN2O3. The minimum atomic E-state index is -0.350. The van der Waals surface area contributed by atoms with E-state index in [1.54, 1.807) is 0 Å². The van der Waals surface area contributed by atoms with Crippen LogP contribution in [-0.4, -0.2) is 61.9 Å². The second-order valence-electron chi connectivity index (χ2n) is 7.42. The molecule has 0 spiro atoms. The van der Waals surface area contributed by atoms with E-state index in [0.717, 1.165) is 51.3 Å². The minimum absolute atomic E-state index is 0. The average Bonchev–Trinajstić information content (AvgIpc) is 3.43. The lowest BCUT2D eigenvalue weighted by molar-refractivity contribution is -0.147. The van der Waals surface area contributed by atoms with Crippen molar-refractivity contribution in [2.24, 2.45) is 5.92 Å². The van der Waals surface area contributed by atoms with Crippen LogP contribution in [0.2, 0.25) is 0 Å². The molecule has 0 radical (unpaired) electrons. The Labute approximate surface area is 152 Å². The van der Waals surface area contributed by atoms with Gasteiger partial charge in [-0.15, -0.1) is 12.4 Å². The molecule has 0 bridgehead atoms. The van der Waals surface area contributed by atoms with Crippen molar-refractivity contribution in [3.8, 4) is 0 Å². The fourth-order valence-electron chi connectivity index (χ4n) is 3.48. The average molecular weight is 361 g/mol. The van der Waals surface area contributed by atoms with E-state index in [9.17, 15) is 4.79 Å². The fourth-order valence-corrected chi connectivity index (χ4v) is 3.48. The molecule has 1 saturated carbocycles. The van der Waals surface area contributed by atoms with Crippen LogP contribution in [0.3, 0.4) is 0 Å². The van der Waals surface area contributed by atoms with E-state index in [4.69, 9.17) is 9.47 Å². The molecule has 3 fully saturated rings. The molecule has 2 saturated heterocycles. The number of carbonyl (C=O) groups is 1.